The second kappa shape index (κ2) is 5.26. The van der Waals surface area contributed by atoms with Crippen molar-refractivity contribution in [1.82, 2.24) is 0 Å². The minimum absolute atomic E-state index is 0. The molecule has 0 radical (unpaired) electrons. The van der Waals surface area contributed by atoms with Crippen molar-refractivity contribution in [3.05, 3.63) is 0 Å². The van der Waals surface area contributed by atoms with Gasteiger partial charge in [-0.1, -0.05) is 0 Å². The number of rotatable bonds is 0. The van der Waals surface area contributed by atoms with E-state index in [-0.39, 0.29) is 39.1 Å². The predicted molar refractivity (Wildman–Crippen MR) is 10.5 cm³/mol. The van der Waals surface area contributed by atoms with Crippen molar-refractivity contribution in [1.29, 1.82) is 0 Å². The number of hydrogen-bond acceptors (Lipinski definition) is 4. The average Bonchev–Trinajstić information content (AvgIpc) is 0.722. The van der Waals surface area contributed by atoms with E-state index in [0.29, 0.717) is 0 Å². The molecule has 0 aliphatic rings. The first kappa shape index (κ1) is 15.7. The normalized spacial score (nSPS) is 8.29. The van der Waals surface area contributed by atoms with Gasteiger partial charge in [-0.15, -0.1) is 0 Å². The Morgan fingerprint density at radius 2 is 1.14 bits per heavy atom. The van der Waals surface area contributed by atoms with Crippen molar-refractivity contribution in [2.24, 2.45) is 0 Å². The van der Waals surface area contributed by atoms with Crippen LogP contribution in [0.3, 0.4) is 0 Å². The largest absolute Gasteiger partial charge is 2.00 e. The SMILES string of the molecule is O=S(=O)([O-])[O-].[Cr+2].[Ti+2]. The van der Waals surface area contributed by atoms with E-state index in [0.717, 1.165) is 0 Å². The van der Waals surface area contributed by atoms with Gasteiger partial charge in [0.2, 0.25) is 0 Å². The first-order chi connectivity index (χ1) is 2.00. The molecule has 0 fully saturated rings. The van der Waals surface area contributed by atoms with Crippen molar-refractivity contribution < 1.29 is 56.6 Å². The molecule has 0 unspecified atom stereocenters. The molecular weight excluding hydrogens is 196 g/mol. The minimum Gasteiger partial charge on any atom is -0.759 e. The van der Waals surface area contributed by atoms with Crippen molar-refractivity contribution in [2.45, 2.75) is 0 Å². The van der Waals surface area contributed by atoms with Gasteiger partial charge >= 0.3 is 39.1 Å². The smallest absolute Gasteiger partial charge is 0.759 e. The summed E-state index contributed by atoms with van der Waals surface area (Å²) in [6.07, 6.45) is 0. The molecule has 0 atom stereocenters. The Hall–Kier alpha value is 1.12. The molecule has 4 nitrogen and oxygen atoms in total. The van der Waals surface area contributed by atoms with Crippen LogP contribution >= 0.6 is 0 Å². The maximum Gasteiger partial charge on any atom is 2.00 e. The first-order valence-corrected chi connectivity index (χ1v) is 2.00. The Balaban J connectivity index is -0.0000000800. The van der Waals surface area contributed by atoms with Crippen molar-refractivity contribution in [2.75, 3.05) is 0 Å². The fourth-order valence-electron chi connectivity index (χ4n) is 0. The minimum atomic E-state index is -5.17. The fraction of sp³-hybridized carbons (Fsp3) is 0. The molecule has 0 amide bonds. The molecular formula is CrO4STi+2. The monoisotopic (exact) mass is 196 g/mol. The van der Waals surface area contributed by atoms with Crippen LogP contribution in [0.15, 0.2) is 0 Å². The summed E-state index contributed by atoms with van der Waals surface area (Å²) in [7, 11) is -5.17. The molecule has 0 aromatic carbocycles. The molecule has 7 heavy (non-hydrogen) atoms. The summed E-state index contributed by atoms with van der Waals surface area (Å²) < 4.78 is 34.1. The molecule has 7 heteroatoms. The van der Waals surface area contributed by atoms with Crippen molar-refractivity contribution >= 4 is 10.4 Å². The summed E-state index contributed by atoms with van der Waals surface area (Å²) in [5.41, 5.74) is 0. The van der Waals surface area contributed by atoms with Crippen molar-refractivity contribution in [3.63, 3.8) is 0 Å². The van der Waals surface area contributed by atoms with E-state index in [9.17, 15) is 0 Å². The van der Waals surface area contributed by atoms with E-state index in [1.165, 1.54) is 0 Å². The molecule has 0 rings (SSSR count). The Bertz CT molecular complexity index is 94.9. The zero-order valence-corrected chi connectivity index (χ0v) is 6.60. The molecule has 0 saturated carbocycles. The van der Waals surface area contributed by atoms with Gasteiger partial charge < -0.3 is 9.11 Å². The Kier molecular flexibility index (Phi) is 11.8. The Morgan fingerprint density at radius 3 is 1.14 bits per heavy atom. The van der Waals surface area contributed by atoms with Crippen LogP contribution in [0.25, 0.3) is 0 Å². The second-order valence-electron chi connectivity index (χ2n) is 0.408. The van der Waals surface area contributed by atoms with Gasteiger partial charge in [0.25, 0.3) is 0 Å². The Morgan fingerprint density at radius 1 is 1.14 bits per heavy atom. The summed E-state index contributed by atoms with van der Waals surface area (Å²) >= 11 is 0. The molecule has 0 aromatic heterocycles. The van der Waals surface area contributed by atoms with Gasteiger partial charge in [0.1, 0.15) is 0 Å². The first-order valence-electron chi connectivity index (χ1n) is 0.667. The van der Waals surface area contributed by atoms with Gasteiger partial charge in [-0.25, -0.2) is 0 Å². The zero-order chi connectivity index (χ0) is 4.50. The maximum absolute atomic E-state index is 8.52. The number of hydrogen-bond donors (Lipinski definition) is 0. The van der Waals surface area contributed by atoms with Crippen LogP contribution in [-0.4, -0.2) is 17.5 Å². The summed E-state index contributed by atoms with van der Waals surface area (Å²) in [5.74, 6) is 0. The van der Waals surface area contributed by atoms with Crippen LogP contribution in [0.2, 0.25) is 0 Å². The van der Waals surface area contributed by atoms with E-state index in [1.54, 1.807) is 0 Å². The van der Waals surface area contributed by atoms with Crippen LogP contribution in [0.5, 0.6) is 0 Å². The third-order valence-corrected chi connectivity index (χ3v) is 0. The molecule has 0 spiro atoms. The quantitative estimate of drug-likeness (QED) is 0.272. The summed E-state index contributed by atoms with van der Waals surface area (Å²) in [6, 6.07) is 0. The van der Waals surface area contributed by atoms with Gasteiger partial charge in [-0.05, 0) is 0 Å². The predicted octanol–water partition coefficient (Wildman–Crippen LogP) is -1.34. The third-order valence-electron chi connectivity index (χ3n) is 0. The molecule has 0 saturated heterocycles. The molecule has 38 valence electrons. The summed E-state index contributed by atoms with van der Waals surface area (Å²) in [4.78, 5) is 0. The molecule has 0 bridgehead atoms. The van der Waals surface area contributed by atoms with Gasteiger partial charge in [-0.3, -0.25) is 8.42 Å². The van der Waals surface area contributed by atoms with Gasteiger partial charge in [0.15, 0.2) is 0 Å². The van der Waals surface area contributed by atoms with Crippen LogP contribution in [0.4, 0.5) is 0 Å². The summed E-state index contributed by atoms with van der Waals surface area (Å²) in [6.45, 7) is 0. The maximum atomic E-state index is 8.52. The second-order valence-corrected chi connectivity index (χ2v) is 1.22. The average molecular weight is 196 g/mol. The standard InChI is InChI=1S/Cr.H2O4S.Ti/c;1-5(2,3)4;/h;(H2,1,2,3,4);/q+2;;+2/p-2. The Labute approximate surface area is 66.9 Å². The van der Waals surface area contributed by atoms with Crippen LogP contribution in [-0.2, 0) is 49.5 Å². The third kappa shape index (κ3) is 149. The van der Waals surface area contributed by atoms with E-state index in [2.05, 4.69) is 0 Å². The van der Waals surface area contributed by atoms with Crippen LogP contribution in [0.1, 0.15) is 0 Å². The van der Waals surface area contributed by atoms with Gasteiger partial charge in [-0.2, -0.15) is 0 Å². The van der Waals surface area contributed by atoms with Crippen molar-refractivity contribution in [3.8, 4) is 0 Å². The van der Waals surface area contributed by atoms with E-state index >= 15 is 0 Å². The molecule has 0 aliphatic carbocycles. The molecule has 0 aliphatic heterocycles. The van der Waals surface area contributed by atoms with Gasteiger partial charge in [0.05, 0.1) is 0 Å². The van der Waals surface area contributed by atoms with Gasteiger partial charge in [0, 0.05) is 10.4 Å². The molecule has 0 aromatic rings. The van der Waals surface area contributed by atoms with E-state index in [4.69, 9.17) is 17.5 Å². The zero-order valence-electron chi connectivity index (χ0n) is 2.95. The topological polar surface area (TPSA) is 80.3 Å². The van der Waals surface area contributed by atoms with Crippen LogP contribution in [0, 0.1) is 0 Å². The van der Waals surface area contributed by atoms with E-state index in [1.807, 2.05) is 0 Å². The molecule has 0 heterocycles. The fourth-order valence-corrected chi connectivity index (χ4v) is 0. The summed E-state index contributed by atoms with van der Waals surface area (Å²) in [5, 5.41) is 0. The van der Waals surface area contributed by atoms with Crippen LogP contribution < -0.4 is 0 Å². The van der Waals surface area contributed by atoms with E-state index < -0.39 is 10.4 Å². The molecule has 0 N–H and O–H groups in total.